The maximum absolute atomic E-state index is 12.8. The molecule has 0 bridgehead atoms. The van der Waals surface area contributed by atoms with Crippen LogP contribution >= 0.6 is 24.0 Å². The zero-order valence-electron chi connectivity index (χ0n) is 15.8. The summed E-state index contributed by atoms with van der Waals surface area (Å²) in [7, 11) is 1.68. The van der Waals surface area contributed by atoms with Crippen molar-refractivity contribution in [1.29, 1.82) is 0 Å². The maximum atomic E-state index is 12.8. The van der Waals surface area contributed by atoms with Crippen LogP contribution in [0.25, 0.3) is 0 Å². The number of rotatable bonds is 9. The van der Waals surface area contributed by atoms with Crippen molar-refractivity contribution in [2.45, 2.75) is 45.8 Å². The van der Waals surface area contributed by atoms with Gasteiger partial charge in [0.25, 0.3) is 0 Å². The first-order valence-corrected chi connectivity index (χ1v) is 8.96. The second-order valence-corrected chi connectivity index (χ2v) is 5.91. The number of allylic oxidation sites excluding steroid dienone is 1. The van der Waals surface area contributed by atoms with Gasteiger partial charge in [0.1, 0.15) is 0 Å². The Morgan fingerprint density at radius 2 is 2.11 bits per heavy atom. The highest BCUT2D eigenvalue weighted by molar-refractivity contribution is 14.0. The van der Waals surface area contributed by atoms with E-state index in [0.717, 1.165) is 13.0 Å². The van der Waals surface area contributed by atoms with Crippen LogP contribution in [0.1, 0.15) is 38.2 Å². The van der Waals surface area contributed by atoms with Gasteiger partial charge in [0.2, 0.25) is 0 Å². The molecule has 1 aromatic rings. The highest BCUT2D eigenvalue weighted by atomic mass is 127. The number of para-hydroxylation sites is 1. The third-order valence-corrected chi connectivity index (χ3v) is 4.11. The van der Waals surface area contributed by atoms with E-state index in [-0.39, 0.29) is 29.7 Å². The topological polar surface area (TPSA) is 54.9 Å². The highest BCUT2D eigenvalue weighted by Gasteiger charge is 2.16. The number of nitrogens with one attached hydrogen (secondary N) is 2. The molecule has 0 amide bonds. The Bertz CT molecular complexity index is 639. The molecular weight excluding hydrogens is 467 g/mol. The zero-order chi connectivity index (χ0) is 18.8. The summed E-state index contributed by atoms with van der Waals surface area (Å²) in [5.74, 6) is 0.986. The molecule has 0 unspecified atom stereocenters. The lowest BCUT2D eigenvalue weighted by Gasteiger charge is -2.17. The molecule has 0 aliphatic heterocycles. The monoisotopic (exact) mass is 495 g/mol. The summed E-state index contributed by atoms with van der Waals surface area (Å²) in [6.07, 6.45) is 6.87. The molecule has 0 heterocycles. The number of nitrogens with zero attached hydrogens (tertiary/aromatic N) is 1. The fraction of sp³-hybridized carbons (Fsp3) is 0.526. The van der Waals surface area contributed by atoms with Crippen LogP contribution < -0.4 is 20.1 Å². The van der Waals surface area contributed by atoms with Gasteiger partial charge in [-0.3, -0.25) is 4.99 Å². The van der Waals surface area contributed by atoms with E-state index in [2.05, 4.69) is 26.4 Å². The largest absolute Gasteiger partial charge is 0.490 e. The van der Waals surface area contributed by atoms with Crippen LogP contribution in [-0.4, -0.2) is 32.8 Å². The minimum absolute atomic E-state index is 0. The number of alkyl halides is 2. The summed E-state index contributed by atoms with van der Waals surface area (Å²) in [5.41, 5.74) is 2.06. The molecule has 5 nitrogen and oxygen atoms in total. The standard InChI is InChI=1S/C19H27F2N3O2.HI/c1-3-25-16-10-6-9-15(17(16)26-18(20)21)13-24-19(22-2)23-12-11-14-7-4-5-8-14;/h6-7,9-10,18H,3-5,8,11-13H2,1-2H3,(H2,22,23,24);1H. The van der Waals surface area contributed by atoms with Gasteiger partial charge >= 0.3 is 6.61 Å². The van der Waals surface area contributed by atoms with Gasteiger partial charge in [0.05, 0.1) is 6.61 Å². The molecule has 1 aromatic carbocycles. The number of hydrogen-bond donors (Lipinski definition) is 2. The molecule has 0 spiro atoms. The fourth-order valence-electron chi connectivity index (χ4n) is 2.90. The Morgan fingerprint density at radius 1 is 1.30 bits per heavy atom. The van der Waals surface area contributed by atoms with E-state index in [9.17, 15) is 8.78 Å². The average Bonchev–Trinajstić information content (AvgIpc) is 3.13. The zero-order valence-corrected chi connectivity index (χ0v) is 18.1. The molecule has 2 rings (SSSR count). The minimum Gasteiger partial charge on any atom is -0.490 e. The van der Waals surface area contributed by atoms with Crippen LogP contribution in [0, 0.1) is 0 Å². The third kappa shape index (κ3) is 7.90. The SMILES string of the molecule is CCOc1cccc(CNC(=NC)NCCC2=CCCC2)c1OC(F)F.I. The first-order valence-electron chi connectivity index (χ1n) is 8.96. The minimum atomic E-state index is -2.91. The third-order valence-electron chi connectivity index (χ3n) is 4.11. The predicted molar refractivity (Wildman–Crippen MR) is 114 cm³/mol. The van der Waals surface area contributed by atoms with E-state index in [1.54, 1.807) is 32.2 Å². The molecular formula is C19H28F2IN3O2. The lowest BCUT2D eigenvalue weighted by Crippen LogP contribution is -2.37. The maximum Gasteiger partial charge on any atom is 0.387 e. The lowest BCUT2D eigenvalue weighted by atomic mass is 10.1. The summed E-state index contributed by atoms with van der Waals surface area (Å²) < 4.78 is 35.6. The highest BCUT2D eigenvalue weighted by Crippen LogP contribution is 2.32. The molecule has 0 radical (unpaired) electrons. The van der Waals surface area contributed by atoms with Crippen molar-refractivity contribution in [3.8, 4) is 11.5 Å². The van der Waals surface area contributed by atoms with Gasteiger partial charge in [-0.25, -0.2) is 0 Å². The van der Waals surface area contributed by atoms with Crippen molar-refractivity contribution in [3.63, 3.8) is 0 Å². The van der Waals surface area contributed by atoms with E-state index >= 15 is 0 Å². The van der Waals surface area contributed by atoms with Gasteiger partial charge in [-0.2, -0.15) is 8.78 Å². The molecule has 0 saturated heterocycles. The summed E-state index contributed by atoms with van der Waals surface area (Å²) in [4.78, 5) is 4.17. The second kappa shape index (κ2) is 12.7. The number of aliphatic imine (C=N–C) groups is 1. The Labute approximate surface area is 176 Å². The van der Waals surface area contributed by atoms with Crippen LogP contribution in [0.15, 0.2) is 34.8 Å². The van der Waals surface area contributed by atoms with E-state index in [1.807, 2.05) is 0 Å². The van der Waals surface area contributed by atoms with Crippen molar-refractivity contribution in [1.82, 2.24) is 10.6 Å². The van der Waals surface area contributed by atoms with Gasteiger partial charge in [-0.15, -0.1) is 24.0 Å². The molecule has 2 N–H and O–H groups in total. The van der Waals surface area contributed by atoms with Crippen molar-refractivity contribution < 1.29 is 18.3 Å². The van der Waals surface area contributed by atoms with Crippen molar-refractivity contribution in [2.24, 2.45) is 4.99 Å². The van der Waals surface area contributed by atoms with Crippen LogP contribution in [0.4, 0.5) is 8.78 Å². The quantitative estimate of drug-likeness (QED) is 0.230. The normalized spacial score (nSPS) is 13.8. The molecule has 1 aliphatic rings. The molecule has 152 valence electrons. The number of halogens is 3. The smallest absolute Gasteiger partial charge is 0.387 e. The Morgan fingerprint density at radius 3 is 2.74 bits per heavy atom. The Kier molecular flexibility index (Phi) is 11.1. The number of hydrogen-bond acceptors (Lipinski definition) is 3. The van der Waals surface area contributed by atoms with E-state index < -0.39 is 6.61 Å². The van der Waals surface area contributed by atoms with Gasteiger partial charge in [0.15, 0.2) is 17.5 Å². The Hall–Kier alpha value is -1.58. The summed E-state index contributed by atoms with van der Waals surface area (Å²) in [5, 5.41) is 6.38. The summed E-state index contributed by atoms with van der Waals surface area (Å²) in [6.45, 7) is 0.335. The molecule has 0 fully saturated rings. The predicted octanol–water partition coefficient (Wildman–Crippen LogP) is 4.47. The average molecular weight is 495 g/mol. The molecule has 27 heavy (non-hydrogen) atoms. The van der Waals surface area contributed by atoms with Crippen molar-refractivity contribution >= 4 is 29.9 Å². The Balaban J connectivity index is 0.00000364. The van der Waals surface area contributed by atoms with Gasteiger partial charge in [-0.05, 0) is 38.7 Å². The van der Waals surface area contributed by atoms with Crippen LogP contribution in [0.5, 0.6) is 11.5 Å². The molecule has 1 aliphatic carbocycles. The van der Waals surface area contributed by atoms with E-state index in [0.29, 0.717) is 30.4 Å². The summed E-state index contributed by atoms with van der Waals surface area (Å²) >= 11 is 0. The van der Waals surface area contributed by atoms with Crippen molar-refractivity contribution in [2.75, 3.05) is 20.2 Å². The van der Waals surface area contributed by atoms with E-state index in [4.69, 9.17) is 4.74 Å². The number of ether oxygens (including phenoxy) is 2. The number of guanidine groups is 1. The van der Waals surface area contributed by atoms with Crippen LogP contribution in [0.2, 0.25) is 0 Å². The lowest BCUT2D eigenvalue weighted by molar-refractivity contribution is -0.0520. The second-order valence-electron chi connectivity index (χ2n) is 5.91. The van der Waals surface area contributed by atoms with Gasteiger partial charge in [-0.1, -0.05) is 23.8 Å². The first-order chi connectivity index (χ1) is 12.6. The summed E-state index contributed by atoms with van der Waals surface area (Å²) in [6, 6.07) is 5.10. The molecule has 0 saturated carbocycles. The van der Waals surface area contributed by atoms with Crippen LogP contribution in [-0.2, 0) is 6.54 Å². The van der Waals surface area contributed by atoms with Gasteiger partial charge in [0, 0.05) is 25.7 Å². The van der Waals surface area contributed by atoms with Crippen molar-refractivity contribution in [3.05, 3.63) is 35.4 Å². The van der Waals surface area contributed by atoms with Gasteiger partial charge < -0.3 is 20.1 Å². The molecule has 8 heteroatoms. The van der Waals surface area contributed by atoms with Crippen LogP contribution in [0.3, 0.4) is 0 Å². The first kappa shape index (κ1) is 23.5. The number of benzene rings is 1. The van der Waals surface area contributed by atoms with E-state index in [1.165, 1.54) is 24.8 Å². The fourth-order valence-corrected chi connectivity index (χ4v) is 2.90. The molecule has 0 aromatic heterocycles. The molecule has 0 atom stereocenters.